The van der Waals surface area contributed by atoms with Gasteiger partial charge in [-0.3, -0.25) is 4.79 Å². The number of alkyl halides is 3. The highest BCUT2D eigenvalue weighted by atomic mass is 35.5. The third-order valence-electron chi connectivity index (χ3n) is 5.61. The van der Waals surface area contributed by atoms with E-state index in [9.17, 15) is 22.4 Å². The van der Waals surface area contributed by atoms with E-state index in [1.807, 2.05) is 0 Å². The summed E-state index contributed by atoms with van der Waals surface area (Å²) in [5, 5.41) is 2.48. The number of nitrogens with two attached hydrogens (primary N) is 1. The number of carbonyl (C=O) groups is 1. The molecule has 1 aromatic carbocycles. The molecule has 32 heavy (non-hydrogen) atoms. The van der Waals surface area contributed by atoms with Gasteiger partial charge in [-0.1, -0.05) is 23.2 Å². The van der Waals surface area contributed by atoms with Crippen LogP contribution in [0.15, 0.2) is 35.5 Å². The van der Waals surface area contributed by atoms with E-state index < -0.39 is 60.7 Å². The summed E-state index contributed by atoms with van der Waals surface area (Å²) >= 11 is 11.9. The number of anilines is 1. The summed E-state index contributed by atoms with van der Waals surface area (Å²) in [7, 11) is 0. The number of rotatable bonds is 4. The average molecular weight is 491 g/mol. The highest BCUT2D eigenvalue weighted by molar-refractivity contribution is 6.43. The van der Waals surface area contributed by atoms with E-state index in [0.717, 1.165) is 12.1 Å². The van der Waals surface area contributed by atoms with Gasteiger partial charge in [0.05, 0.1) is 10.0 Å². The molecule has 4 rings (SSSR count). The fourth-order valence-corrected chi connectivity index (χ4v) is 4.54. The van der Waals surface area contributed by atoms with Crippen LogP contribution in [0, 0.1) is 11.7 Å². The molecule has 6 nitrogen and oxygen atoms in total. The lowest BCUT2D eigenvalue weighted by atomic mass is 9.76. The highest BCUT2D eigenvalue weighted by Crippen LogP contribution is 2.53. The van der Waals surface area contributed by atoms with Crippen molar-refractivity contribution in [3.05, 3.63) is 57.6 Å². The van der Waals surface area contributed by atoms with Gasteiger partial charge in [-0.2, -0.15) is 0 Å². The number of carbonyl (C=O) groups excluding carboxylic acids is 1. The number of hydrogen-bond acceptors (Lipinski definition) is 5. The van der Waals surface area contributed by atoms with Crippen molar-refractivity contribution in [3.8, 4) is 0 Å². The Kier molecular flexibility index (Phi) is 5.70. The molecular formula is C20H16Cl2F4N4O2. The van der Waals surface area contributed by atoms with Crippen molar-refractivity contribution in [1.29, 1.82) is 0 Å². The first-order chi connectivity index (χ1) is 15.1. The molecular weight excluding hydrogens is 475 g/mol. The maximum Gasteiger partial charge on any atom is 0.283 e. The molecule has 2 heterocycles. The monoisotopic (exact) mass is 490 g/mol. The largest absolute Gasteiger partial charge is 0.461 e. The summed E-state index contributed by atoms with van der Waals surface area (Å²) in [4.78, 5) is 20.4. The van der Waals surface area contributed by atoms with Crippen molar-refractivity contribution in [2.45, 2.75) is 30.4 Å². The van der Waals surface area contributed by atoms with Gasteiger partial charge in [-0.15, -0.1) is 0 Å². The van der Waals surface area contributed by atoms with E-state index in [-0.39, 0.29) is 27.0 Å². The van der Waals surface area contributed by atoms with Crippen molar-refractivity contribution in [2.24, 2.45) is 16.6 Å². The molecule has 0 saturated heterocycles. The second-order valence-electron chi connectivity index (χ2n) is 7.64. The number of nitrogens with one attached hydrogen (secondary N) is 1. The van der Waals surface area contributed by atoms with Crippen molar-refractivity contribution in [2.75, 3.05) is 12.0 Å². The number of fused-ring (bicyclic) bond motifs is 1. The van der Waals surface area contributed by atoms with Gasteiger partial charge in [0.25, 0.3) is 17.9 Å². The normalized spacial score (nSPS) is 26.1. The van der Waals surface area contributed by atoms with Crippen LogP contribution < -0.4 is 11.1 Å². The molecule has 1 fully saturated rings. The Balaban J connectivity index is 1.74. The van der Waals surface area contributed by atoms with Gasteiger partial charge < -0.3 is 15.8 Å². The fourth-order valence-electron chi connectivity index (χ4n) is 4.20. The van der Waals surface area contributed by atoms with E-state index in [1.54, 1.807) is 0 Å². The number of amides is 1. The Morgan fingerprint density at radius 3 is 2.75 bits per heavy atom. The van der Waals surface area contributed by atoms with E-state index in [1.165, 1.54) is 18.3 Å². The number of aliphatic imine (C=N–C) groups is 1. The maximum atomic E-state index is 14.9. The lowest BCUT2D eigenvalue weighted by Crippen LogP contribution is -2.48. The average Bonchev–Trinajstić information content (AvgIpc) is 3.04. The molecule has 0 spiro atoms. The molecule has 2 aromatic rings. The first-order valence-corrected chi connectivity index (χ1v) is 10.2. The topological polar surface area (TPSA) is 89.6 Å². The van der Waals surface area contributed by atoms with Crippen LogP contribution in [-0.2, 0) is 10.3 Å². The molecule has 2 aliphatic rings. The van der Waals surface area contributed by atoms with Gasteiger partial charge in [0, 0.05) is 36.2 Å². The van der Waals surface area contributed by atoms with Gasteiger partial charge in [0.15, 0.2) is 0 Å². The summed E-state index contributed by atoms with van der Waals surface area (Å²) in [6, 6.07) is 4.20. The Morgan fingerprint density at radius 2 is 2.03 bits per heavy atom. The number of ether oxygens (including phenoxy) is 1. The highest BCUT2D eigenvalue weighted by Gasteiger charge is 2.60. The summed E-state index contributed by atoms with van der Waals surface area (Å²) in [6.07, 6.45) is -1.30. The zero-order valence-corrected chi connectivity index (χ0v) is 17.7. The minimum atomic E-state index is -3.15. The molecule has 0 radical (unpaired) electrons. The van der Waals surface area contributed by atoms with Gasteiger partial charge in [0.1, 0.15) is 29.8 Å². The standard InChI is InChI=1S/C20H16Cl2F4N4O2/c21-12-3-4-28-16(15(12)22)17(31)29-9-1-2-13(24)10(5-9)20(8-23)11-6-19(25,26)7-14(11)32-18(27)30-20/h1-5,11,14H,6-8H2,(H2,27,30)(H,29,31)/t11?,14-,20?/m0/s1. The Labute approximate surface area is 189 Å². The Morgan fingerprint density at radius 1 is 1.28 bits per heavy atom. The minimum absolute atomic E-state index is 0.0404. The van der Waals surface area contributed by atoms with Crippen LogP contribution in [0.4, 0.5) is 23.2 Å². The first-order valence-electron chi connectivity index (χ1n) is 9.43. The molecule has 0 bridgehead atoms. The van der Waals surface area contributed by atoms with Crippen LogP contribution in [0.25, 0.3) is 0 Å². The van der Waals surface area contributed by atoms with Crippen molar-refractivity contribution >= 4 is 40.8 Å². The molecule has 1 saturated carbocycles. The fraction of sp³-hybridized carbons (Fsp3) is 0.350. The number of pyridine rings is 1. The minimum Gasteiger partial charge on any atom is -0.461 e. The third-order valence-corrected chi connectivity index (χ3v) is 6.41. The predicted octanol–water partition coefficient (Wildman–Crippen LogP) is 4.70. The van der Waals surface area contributed by atoms with Crippen LogP contribution in [-0.4, -0.2) is 35.6 Å². The molecule has 2 unspecified atom stereocenters. The van der Waals surface area contributed by atoms with Crippen LogP contribution in [0.2, 0.25) is 10.0 Å². The molecule has 170 valence electrons. The third kappa shape index (κ3) is 3.86. The predicted molar refractivity (Wildman–Crippen MR) is 110 cm³/mol. The lowest BCUT2D eigenvalue weighted by Gasteiger charge is -2.40. The van der Waals surface area contributed by atoms with Crippen molar-refractivity contribution < 1.29 is 27.1 Å². The van der Waals surface area contributed by atoms with E-state index in [0.29, 0.717) is 0 Å². The number of halogens is 6. The number of hydrogen-bond donors (Lipinski definition) is 2. The molecule has 12 heteroatoms. The lowest BCUT2D eigenvalue weighted by molar-refractivity contribution is -0.00299. The van der Waals surface area contributed by atoms with E-state index in [2.05, 4.69) is 15.3 Å². The van der Waals surface area contributed by atoms with Crippen LogP contribution in [0.5, 0.6) is 0 Å². The quantitative estimate of drug-likeness (QED) is 0.607. The van der Waals surface area contributed by atoms with Crippen molar-refractivity contribution in [1.82, 2.24) is 4.98 Å². The van der Waals surface area contributed by atoms with Gasteiger partial charge in [-0.05, 0) is 24.3 Å². The number of nitrogens with zero attached hydrogens (tertiary/aromatic N) is 2. The summed E-state index contributed by atoms with van der Waals surface area (Å²) in [5.41, 5.74) is 3.12. The van der Waals surface area contributed by atoms with Crippen LogP contribution in [0.1, 0.15) is 28.9 Å². The molecule has 1 aliphatic carbocycles. The van der Waals surface area contributed by atoms with E-state index >= 15 is 0 Å². The van der Waals surface area contributed by atoms with Gasteiger partial charge in [0.2, 0.25) is 0 Å². The molecule has 3 N–H and O–H groups in total. The molecule has 1 amide bonds. The molecule has 1 aromatic heterocycles. The van der Waals surface area contributed by atoms with Crippen LogP contribution in [0.3, 0.4) is 0 Å². The smallest absolute Gasteiger partial charge is 0.283 e. The van der Waals surface area contributed by atoms with Gasteiger partial charge >= 0.3 is 0 Å². The zero-order chi connectivity index (χ0) is 23.3. The molecule has 3 atom stereocenters. The Hall–Kier alpha value is -2.59. The van der Waals surface area contributed by atoms with Crippen LogP contribution >= 0.6 is 23.2 Å². The second kappa shape index (κ2) is 8.08. The summed E-state index contributed by atoms with van der Waals surface area (Å²) in [5.74, 6) is -5.97. The Bertz CT molecular complexity index is 1120. The number of amidine groups is 1. The van der Waals surface area contributed by atoms with Crippen molar-refractivity contribution in [3.63, 3.8) is 0 Å². The molecule has 1 aliphatic heterocycles. The summed E-state index contributed by atoms with van der Waals surface area (Å²) in [6.45, 7) is -1.30. The first kappa shape index (κ1) is 22.6. The zero-order valence-electron chi connectivity index (χ0n) is 16.2. The van der Waals surface area contributed by atoms with E-state index in [4.69, 9.17) is 33.7 Å². The number of aromatic nitrogens is 1. The SMILES string of the molecule is NC1=NC(CF)(c2cc(NC(=O)c3nccc(Cl)c3Cl)ccc2F)C2CC(F)(F)C[C@@H]2O1. The van der Waals surface area contributed by atoms with Gasteiger partial charge in [-0.25, -0.2) is 27.5 Å². The second-order valence-corrected chi connectivity index (χ2v) is 8.42. The summed E-state index contributed by atoms with van der Waals surface area (Å²) < 4.78 is 62.7. The number of benzene rings is 1. The maximum absolute atomic E-state index is 14.9.